The molecule has 0 saturated carbocycles. The van der Waals surface area contributed by atoms with Crippen molar-refractivity contribution in [3.8, 4) is 5.75 Å². The molecule has 0 heterocycles. The largest absolute Gasteiger partial charge is 0.508 e. The molecule has 2 aromatic carbocycles. The second-order valence-corrected chi connectivity index (χ2v) is 6.27. The Labute approximate surface area is 154 Å². The number of aromatic hydroxyl groups is 1. The van der Waals surface area contributed by atoms with E-state index in [-0.39, 0.29) is 24.3 Å². The number of phenolic OH excluding ortho intramolecular Hbond substituents is 1. The van der Waals surface area contributed by atoms with Gasteiger partial charge >= 0.3 is 0 Å². The van der Waals surface area contributed by atoms with Gasteiger partial charge in [-0.2, -0.15) is 0 Å². The Hall–Kier alpha value is -2.37. The van der Waals surface area contributed by atoms with Crippen molar-refractivity contribution >= 4 is 5.91 Å². The molecule has 0 saturated heterocycles. The van der Waals surface area contributed by atoms with Gasteiger partial charge in [0.2, 0.25) is 5.91 Å². The number of hydrogen-bond donors (Lipinski definition) is 3. The third kappa shape index (κ3) is 7.68. The van der Waals surface area contributed by atoms with Gasteiger partial charge in [-0.25, -0.2) is 0 Å². The normalized spacial score (nSPS) is 11.9. The predicted octanol–water partition coefficient (Wildman–Crippen LogP) is 2.45. The van der Waals surface area contributed by atoms with Crippen LogP contribution in [0.2, 0.25) is 0 Å². The first kappa shape index (κ1) is 19.9. The smallest absolute Gasteiger partial charge is 0.220 e. The molecule has 2 aromatic rings. The highest BCUT2D eigenvalue weighted by molar-refractivity contribution is 5.76. The minimum atomic E-state index is -0.151. The summed E-state index contributed by atoms with van der Waals surface area (Å²) in [6.07, 6.45) is 2.32. The molecule has 1 amide bonds. The van der Waals surface area contributed by atoms with Gasteiger partial charge in [0.1, 0.15) is 5.75 Å². The molecule has 0 bridgehead atoms. The fourth-order valence-corrected chi connectivity index (χ4v) is 2.66. The lowest BCUT2D eigenvalue weighted by Crippen LogP contribution is -2.40. The van der Waals surface area contributed by atoms with Gasteiger partial charge in [0, 0.05) is 19.6 Å². The zero-order chi connectivity index (χ0) is 18.6. The minimum Gasteiger partial charge on any atom is -0.508 e. The van der Waals surface area contributed by atoms with Crippen LogP contribution in [0.15, 0.2) is 54.6 Å². The van der Waals surface area contributed by atoms with Crippen LogP contribution in [0.1, 0.15) is 24.0 Å². The fraction of sp³-hybridized carbons (Fsp3) is 0.381. The molecular formula is C21H27NO4. The van der Waals surface area contributed by atoms with Gasteiger partial charge in [-0.15, -0.1) is 0 Å². The van der Waals surface area contributed by atoms with E-state index in [4.69, 9.17) is 9.84 Å². The average Bonchev–Trinajstić information content (AvgIpc) is 2.66. The van der Waals surface area contributed by atoms with E-state index in [1.807, 2.05) is 42.5 Å². The molecule has 0 unspecified atom stereocenters. The Morgan fingerprint density at radius 1 is 1.04 bits per heavy atom. The maximum atomic E-state index is 12.3. The maximum absolute atomic E-state index is 12.3. The van der Waals surface area contributed by atoms with E-state index in [1.165, 1.54) is 0 Å². The van der Waals surface area contributed by atoms with E-state index in [1.54, 1.807) is 12.1 Å². The Bertz CT molecular complexity index is 643. The zero-order valence-corrected chi connectivity index (χ0v) is 14.9. The van der Waals surface area contributed by atoms with Crippen molar-refractivity contribution < 1.29 is 19.7 Å². The van der Waals surface area contributed by atoms with Gasteiger partial charge in [-0.05, 0) is 42.5 Å². The highest BCUT2D eigenvalue weighted by Crippen LogP contribution is 2.12. The third-order valence-corrected chi connectivity index (χ3v) is 4.03. The first-order valence-corrected chi connectivity index (χ1v) is 8.97. The lowest BCUT2D eigenvalue weighted by molar-refractivity contribution is -0.122. The Morgan fingerprint density at radius 2 is 1.77 bits per heavy atom. The number of nitrogens with one attached hydrogen (secondary N) is 1. The van der Waals surface area contributed by atoms with Gasteiger partial charge < -0.3 is 20.3 Å². The van der Waals surface area contributed by atoms with Crippen molar-refractivity contribution in [3.63, 3.8) is 0 Å². The van der Waals surface area contributed by atoms with E-state index in [0.29, 0.717) is 38.9 Å². The lowest BCUT2D eigenvalue weighted by Gasteiger charge is -2.19. The molecule has 26 heavy (non-hydrogen) atoms. The monoisotopic (exact) mass is 357 g/mol. The fourth-order valence-electron chi connectivity index (χ4n) is 2.66. The number of amides is 1. The molecule has 0 aliphatic heterocycles. The number of carbonyl (C=O) groups is 1. The highest BCUT2D eigenvalue weighted by Gasteiger charge is 2.14. The summed E-state index contributed by atoms with van der Waals surface area (Å²) in [6.45, 7) is 0.937. The van der Waals surface area contributed by atoms with Crippen molar-refractivity contribution in [2.45, 2.75) is 31.7 Å². The van der Waals surface area contributed by atoms with Crippen LogP contribution in [0, 0.1) is 0 Å². The van der Waals surface area contributed by atoms with E-state index in [9.17, 15) is 9.90 Å². The SMILES string of the molecule is O=C(CCc1ccccc1)N[C@H](COCCCO)Cc1ccc(O)cc1. The van der Waals surface area contributed by atoms with Gasteiger partial charge in [-0.3, -0.25) is 4.79 Å². The van der Waals surface area contributed by atoms with Gasteiger partial charge in [-0.1, -0.05) is 42.5 Å². The summed E-state index contributed by atoms with van der Waals surface area (Å²) in [7, 11) is 0. The number of carbonyl (C=O) groups excluding carboxylic acids is 1. The second-order valence-electron chi connectivity index (χ2n) is 6.27. The molecule has 140 valence electrons. The van der Waals surface area contributed by atoms with Crippen LogP contribution in [0.3, 0.4) is 0 Å². The quantitative estimate of drug-likeness (QED) is 0.540. The molecule has 5 nitrogen and oxygen atoms in total. The zero-order valence-electron chi connectivity index (χ0n) is 14.9. The molecule has 0 spiro atoms. The number of rotatable bonds is 11. The van der Waals surface area contributed by atoms with E-state index < -0.39 is 0 Å². The maximum Gasteiger partial charge on any atom is 0.220 e. The van der Waals surface area contributed by atoms with Gasteiger partial charge in [0.25, 0.3) is 0 Å². The van der Waals surface area contributed by atoms with E-state index in [2.05, 4.69) is 5.32 Å². The summed E-state index contributed by atoms with van der Waals surface area (Å²) in [4.78, 5) is 12.3. The standard InChI is InChI=1S/C21H27NO4/c23-13-4-14-26-16-19(15-18-7-10-20(24)11-8-18)22-21(25)12-9-17-5-2-1-3-6-17/h1-3,5-8,10-11,19,23-24H,4,9,12-16H2,(H,22,25)/t19-/m0/s1. The van der Waals surface area contributed by atoms with Crippen molar-refractivity contribution in [2.24, 2.45) is 0 Å². The average molecular weight is 357 g/mol. The van der Waals surface area contributed by atoms with Crippen LogP contribution in [0.25, 0.3) is 0 Å². The second kappa shape index (κ2) is 11.3. The molecule has 0 radical (unpaired) electrons. The molecule has 3 N–H and O–H groups in total. The third-order valence-electron chi connectivity index (χ3n) is 4.03. The number of aliphatic hydroxyl groups is 1. The topological polar surface area (TPSA) is 78.8 Å². The number of aliphatic hydroxyl groups excluding tert-OH is 1. The molecule has 0 aliphatic carbocycles. The molecule has 2 rings (SSSR count). The lowest BCUT2D eigenvalue weighted by atomic mass is 10.1. The summed E-state index contributed by atoms with van der Waals surface area (Å²) in [6, 6.07) is 16.7. The molecule has 1 atom stereocenters. The summed E-state index contributed by atoms with van der Waals surface area (Å²) in [5.74, 6) is 0.208. The Kier molecular flexibility index (Phi) is 8.66. The number of aryl methyl sites for hydroxylation is 1. The summed E-state index contributed by atoms with van der Waals surface area (Å²) >= 11 is 0. The molecule has 0 aromatic heterocycles. The van der Waals surface area contributed by atoms with Crippen LogP contribution in [0.4, 0.5) is 0 Å². The Balaban J connectivity index is 1.86. The minimum absolute atomic E-state index is 0.0108. The molecule has 5 heteroatoms. The van der Waals surface area contributed by atoms with Crippen LogP contribution < -0.4 is 5.32 Å². The number of hydrogen-bond acceptors (Lipinski definition) is 4. The van der Waals surface area contributed by atoms with Crippen molar-refractivity contribution in [3.05, 3.63) is 65.7 Å². The number of ether oxygens (including phenoxy) is 1. The highest BCUT2D eigenvalue weighted by atomic mass is 16.5. The van der Waals surface area contributed by atoms with Gasteiger partial charge in [0.15, 0.2) is 0 Å². The van der Waals surface area contributed by atoms with Crippen molar-refractivity contribution in [2.75, 3.05) is 19.8 Å². The predicted molar refractivity (Wildman–Crippen MR) is 101 cm³/mol. The molecule has 0 aliphatic rings. The Morgan fingerprint density at radius 3 is 2.46 bits per heavy atom. The number of phenols is 1. The summed E-state index contributed by atoms with van der Waals surface area (Å²) in [5.41, 5.74) is 2.15. The van der Waals surface area contributed by atoms with E-state index in [0.717, 1.165) is 11.1 Å². The van der Waals surface area contributed by atoms with Crippen molar-refractivity contribution in [1.82, 2.24) is 5.32 Å². The van der Waals surface area contributed by atoms with Gasteiger partial charge in [0.05, 0.1) is 12.6 Å². The number of benzene rings is 2. The summed E-state index contributed by atoms with van der Waals surface area (Å²) in [5, 5.41) is 21.3. The first-order chi connectivity index (χ1) is 12.7. The molecular weight excluding hydrogens is 330 g/mol. The van der Waals surface area contributed by atoms with Crippen LogP contribution in [0.5, 0.6) is 5.75 Å². The van der Waals surface area contributed by atoms with Crippen LogP contribution in [-0.2, 0) is 22.4 Å². The van der Waals surface area contributed by atoms with Crippen molar-refractivity contribution in [1.29, 1.82) is 0 Å². The van der Waals surface area contributed by atoms with E-state index >= 15 is 0 Å². The molecule has 0 fully saturated rings. The van der Waals surface area contributed by atoms with Crippen LogP contribution >= 0.6 is 0 Å². The first-order valence-electron chi connectivity index (χ1n) is 8.97. The van der Waals surface area contributed by atoms with Crippen LogP contribution in [-0.4, -0.2) is 42.0 Å². The summed E-state index contributed by atoms with van der Waals surface area (Å²) < 4.78 is 5.57.